The summed E-state index contributed by atoms with van der Waals surface area (Å²) in [7, 11) is 3.37. The topological polar surface area (TPSA) is 39.7 Å². The zero-order valence-electron chi connectivity index (χ0n) is 14.4. The van der Waals surface area contributed by atoms with Crippen molar-refractivity contribution in [2.24, 2.45) is 0 Å². The largest absolute Gasteiger partial charge is 0.493 e. The van der Waals surface area contributed by atoms with E-state index in [-0.39, 0.29) is 0 Å². The van der Waals surface area contributed by atoms with Gasteiger partial charge in [0, 0.05) is 20.2 Å². The number of ether oxygens (including phenoxy) is 3. The molecular formula is C19H24BrNO3. The quantitative estimate of drug-likeness (QED) is 0.689. The molecule has 0 saturated carbocycles. The summed E-state index contributed by atoms with van der Waals surface area (Å²) in [5, 5.41) is 3.46. The lowest BCUT2D eigenvalue weighted by atomic mass is 10.1. The Morgan fingerprint density at radius 1 is 1.00 bits per heavy atom. The van der Waals surface area contributed by atoms with Crippen molar-refractivity contribution in [3.63, 3.8) is 0 Å². The highest BCUT2D eigenvalue weighted by atomic mass is 79.9. The minimum Gasteiger partial charge on any atom is -0.493 e. The van der Waals surface area contributed by atoms with Crippen LogP contribution in [0.5, 0.6) is 11.5 Å². The van der Waals surface area contributed by atoms with Gasteiger partial charge in [-0.2, -0.15) is 0 Å². The highest BCUT2D eigenvalue weighted by Gasteiger charge is 2.11. The van der Waals surface area contributed by atoms with E-state index in [0.29, 0.717) is 13.2 Å². The molecule has 0 aliphatic heterocycles. The molecule has 24 heavy (non-hydrogen) atoms. The molecule has 0 aromatic heterocycles. The fraction of sp³-hybridized carbons (Fsp3) is 0.368. The Kier molecular flexibility index (Phi) is 7.56. The van der Waals surface area contributed by atoms with Crippen molar-refractivity contribution in [3.8, 4) is 11.5 Å². The summed E-state index contributed by atoms with van der Waals surface area (Å²) in [5.41, 5.74) is 3.55. The molecule has 130 valence electrons. The second kappa shape index (κ2) is 9.67. The van der Waals surface area contributed by atoms with Crippen LogP contribution in [0.3, 0.4) is 0 Å². The van der Waals surface area contributed by atoms with Crippen molar-refractivity contribution in [2.75, 3.05) is 20.8 Å². The van der Waals surface area contributed by atoms with E-state index in [2.05, 4.69) is 51.6 Å². The molecule has 2 aromatic rings. The highest BCUT2D eigenvalue weighted by Crippen LogP contribution is 2.36. The predicted molar refractivity (Wildman–Crippen MR) is 99.6 cm³/mol. The number of rotatable bonds is 9. The molecule has 1 N–H and O–H groups in total. The van der Waals surface area contributed by atoms with Gasteiger partial charge in [-0.25, -0.2) is 0 Å². The lowest BCUT2D eigenvalue weighted by molar-refractivity contribution is 0.185. The van der Waals surface area contributed by atoms with Crippen LogP contribution in [-0.4, -0.2) is 20.8 Å². The van der Waals surface area contributed by atoms with Crippen LogP contribution in [0.15, 0.2) is 40.9 Å². The van der Waals surface area contributed by atoms with Crippen molar-refractivity contribution in [2.45, 2.75) is 26.6 Å². The van der Waals surface area contributed by atoms with Gasteiger partial charge in [-0.05, 0) is 51.7 Å². The molecule has 4 nitrogen and oxygen atoms in total. The first kappa shape index (κ1) is 18.8. The van der Waals surface area contributed by atoms with Crippen molar-refractivity contribution >= 4 is 15.9 Å². The molecule has 0 fully saturated rings. The van der Waals surface area contributed by atoms with E-state index in [1.165, 1.54) is 11.1 Å². The summed E-state index contributed by atoms with van der Waals surface area (Å²) in [6.07, 6.45) is 0. The van der Waals surface area contributed by atoms with Crippen LogP contribution in [0.2, 0.25) is 0 Å². The van der Waals surface area contributed by atoms with Gasteiger partial charge >= 0.3 is 0 Å². The molecule has 0 atom stereocenters. The van der Waals surface area contributed by atoms with E-state index in [1.54, 1.807) is 14.2 Å². The summed E-state index contributed by atoms with van der Waals surface area (Å²) in [5.74, 6) is 1.49. The van der Waals surface area contributed by atoms with Gasteiger partial charge in [-0.1, -0.05) is 24.3 Å². The number of halogens is 1. The van der Waals surface area contributed by atoms with Gasteiger partial charge in [0.15, 0.2) is 11.5 Å². The lowest BCUT2D eigenvalue weighted by Crippen LogP contribution is -2.13. The second-order valence-electron chi connectivity index (χ2n) is 5.40. The van der Waals surface area contributed by atoms with Crippen LogP contribution in [-0.2, 0) is 24.4 Å². The molecule has 0 heterocycles. The first-order valence-electron chi connectivity index (χ1n) is 7.94. The third kappa shape index (κ3) is 5.23. The van der Waals surface area contributed by atoms with E-state index >= 15 is 0 Å². The summed E-state index contributed by atoms with van der Waals surface area (Å²) in [6.45, 7) is 4.74. The first-order chi connectivity index (χ1) is 11.7. The van der Waals surface area contributed by atoms with Crippen LogP contribution >= 0.6 is 15.9 Å². The summed E-state index contributed by atoms with van der Waals surface area (Å²) < 4.78 is 17.1. The fourth-order valence-corrected chi connectivity index (χ4v) is 3.11. The van der Waals surface area contributed by atoms with Crippen LogP contribution in [0.25, 0.3) is 0 Å². The van der Waals surface area contributed by atoms with Crippen LogP contribution in [0.1, 0.15) is 23.6 Å². The maximum atomic E-state index is 5.62. The predicted octanol–water partition coefficient (Wildman–Crippen LogP) is 4.29. The van der Waals surface area contributed by atoms with Gasteiger partial charge in [-0.3, -0.25) is 0 Å². The average molecular weight is 394 g/mol. The molecule has 2 aromatic carbocycles. The number of hydrogen-bond donors (Lipinski definition) is 1. The maximum Gasteiger partial charge on any atom is 0.175 e. The van der Waals surface area contributed by atoms with Crippen molar-refractivity contribution < 1.29 is 14.2 Å². The van der Waals surface area contributed by atoms with Gasteiger partial charge in [-0.15, -0.1) is 0 Å². The second-order valence-corrected chi connectivity index (χ2v) is 6.25. The summed E-state index contributed by atoms with van der Waals surface area (Å²) in [4.78, 5) is 0. The standard InChI is InChI=1S/C19H24BrNO3/c1-4-24-19-17(20)9-16(10-18(19)23-3)12-21-11-14-6-5-7-15(8-14)13-22-2/h5-10,21H,4,11-13H2,1-3H3. The smallest absolute Gasteiger partial charge is 0.175 e. The van der Waals surface area contributed by atoms with Crippen LogP contribution in [0, 0.1) is 0 Å². The minimum atomic E-state index is 0.602. The average Bonchev–Trinajstić information content (AvgIpc) is 2.58. The van der Waals surface area contributed by atoms with Crippen LogP contribution in [0.4, 0.5) is 0 Å². The molecule has 0 spiro atoms. The molecule has 0 saturated heterocycles. The number of benzene rings is 2. The van der Waals surface area contributed by atoms with Crippen molar-refractivity contribution in [1.29, 1.82) is 0 Å². The third-order valence-corrected chi connectivity index (χ3v) is 4.13. The van der Waals surface area contributed by atoms with Crippen LogP contribution < -0.4 is 14.8 Å². The zero-order chi connectivity index (χ0) is 17.4. The Morgan fingerprint density at radius 3 is 2.46 bits per heavy atom. The Bertz CT molecular complexity index is 661. The summed E-state index contributed by atoms with van der Waals surface area (Å²) in [6, 6.07) is 12.5. The number of nitrogens with one attached hydrogen (secondary N) is 1. The molecule has 5 heteroatoms. The van der Waals surface area contributed by atoms with Gasteiger partial charge in [0.1, 0.15) is 0 Å². The zero-order valence-corrected chi connectivity index (χ0v) is 16.0. The molecule has 0 unspecified atom stereocenters. The highest BCUT2D eigenvalue weighted by molar-refractivity contribution is 9.10. The minimum absolute atomic E-state index is 0.602. The van der Waals surface area contributed by atoms with Crippen molar-refractivity contribution in [3.05, 3.63) is 57.6 Å². The number of hydrogen-bond acceptors (Lipinski definition) is 4. The van der Waals surface area contributed by atoms with Gasteiger partial charge in [0.25, 0.3) is 0 Å². The number of methoxy groups -OCH3 is 2. The van der Waals surface area contributed by atoms with E-state index in [4.69, 9.17) is 14.2 Å². The fourth-order valence-electron chi connectivity index (χ4n) is 2.51. The third-order valence-electron chi connectivity index (χ3n) is 3.54. The summed E-state index contributed by atoms with van der Waals surface area (Å²) >= 11 is 3.56. The lowest BCUT2D eigenvalue weighted by Gasteiger charge is -2.14. The molecule has 0 bridgehead atoms. The van der Waals surface area contributed by atoms with Gasteiger partial charge in [0.05, 0.1) is 24.8 Å². The molecule has 0 aliphatic rings. The van der Waals surface area contributed by atoms with E-state index in [1.807, 2.05) is 13.0 Å². The molecule has 0 radical (unpaired) electrons. The van der Waals surface area contributed by atoms with E-state index in [9.17, 15) is 0 Å². The van der Waals surface area contributed by atoms with Gasteiger partial charge < -0.3 is 19.5 Å². The first-order valence-corrected chi connectivity index (χ1v) is 8.74. The molecule has 2 rings (SSSR count). The Labute approximate surface area is 152 Å². The monoisotopic (exact) mass is 393 g/mol. The van der Waals surface area contributed by atoms with E-state index in [0.717, 1.165) is 34.6 Å². The maximum absolute atomic E-state index is 5.62. The Balaban J connectivity index is 1.99. The molecule has 0 amide bonds. The molecule has 0 aliphatic carbocycles. The van der Waals surface area contributed by atoms with Gasteiger partial charge in [0.2, 0.25) is 0 Å². The van der Waals surface area contributed by atoms with E-state index < -0.39 is 0 Å². The SMILES string of the molecule is CCOc1c(Br)cc(CNCc2cccc(COC)c2)cc1OC. The van der Waals surface area contributed by atoms with Crippen molar-refractivity contribution in [1.82, 2.24) is 5.32 Å². The Morgan fingerprint density at radius 2 is 1.75 bits per heavy atom. The normalized spacial score (nSPS) is 10.7. The Hall–Kier alpha value is -1.56. The molecular weight excluding hydrogens is 370 g/mol.